The number of fused-ring (bicyclic) bond motifs is 1. The first-order chi connectivity index (χ1) is 17.6. The summed E-state index contributed by atoms with van der Waals surface area (Å²) in [5.41, 5.74) is 5.81. The van der Waals surface area contributed by atoms with Crippen molar-refractivity contribution in [1.29, 1.82) is 0 Å². The van der Waals surface area contributed by atoms with Gasteiger partial charge in [0.1, 0.15) is 0 Å². The van der Waals surface area contributed by atoms with Crippen molar-refractivity contribution in [2.75, 3.05) is 17.7 Å². The van der Waals surface area contributed by atoms with E-state index in [0.29, 0.717) is 17.9 Å². The molecule has 36 heavy (non-hydrogen) atoms. The topological polar surface area (TPSA) is 83.5 Å². The van der Waals surface area contributed by atoms with E-state index in [-0.39, 0.29) is 11.7 Å². The smallest absolute Gasteiger partial charge is 0.256 e. The summed E-state index contributed by atoms with van der Waals surface area (Å²) in [6, 6.07) is 30.4. The highest BCUT2D eigenvalue weighted by Crippen LogP contribution is 2.31. The van der Waals surface area contributed by atoms with Gasteiger partial charge in [-0.2, -0.15) is 0 Å². The number of hydrogen-bond donors (Lipinski definition) is 3. The lowest BCUT2D eigenvalue weighted by molar-refractivity contribution is 0.102. The van der Waals surface area contributed by atoms with Gasteiger partial charge in [-0.3, -0.25) is 9.78 Å². The van der Waals surface area contributed by atoms with Gasteiger partial charge in [0.25, 0.3) is 5.91 Å². The molecular formula is C30H25N3O3. The van der Waals surface area contributed by atoms with Crippen molar-refractivity contribution in [3.05, 3.63) is 114 Å². The number of nitrogens with one attached hydrogen (secondary N) is 2. The van der Waals surface area contributed by atoms with Crippen LogP contribution in [0.3, 0.4) is 0 Å². The van der Waals surface area contributed by atoms with E-state index in [1.807, 2.05) is 78.9 Å². The molecular weight excluding hydrogens is 450 g/mol. The Morgan fingerprint density at radius 1 is 0.917 bits per heavy atom. The number of benzene rings is 4. The second-order valence-electron chi connectivity index (χ2n) is 8.32. The number of aromatic hydroxyl groups is 1. The van der Waals surface area contributed by atoms with E-state index in [2.05, 4.69) is 15.6 Å². The van der Waals surface area contributed by atoms with Crippen molar-refractivity contribution in [2.45, 2.75) is 6.54 Å². The number of ether oxygens (including phenoxy) is 1. The summed E-state index contributed by atoms with van der Waals surface area (Å²) in [5.74, 6) is 0.367. The summed E-state index contributed by atoms with van der Waals surface area (Å²) in [6.07, 6.45) is 1.65. The molecule has 0 aliphatic heterocycles. The number of rotatable bonds is 7. The molecule has 0 spiro atoms. The molecule has 0 radical (unpaired) electrons. The number of carbonyl (C=O) groups excluding carboxylic acids is 1. The highest BCUT2D eigenvalue weighted by atomic mass is 16.5. The third kappa shape index (κ3) is 4.83. The Bertz CT molecular complexity index is 1540. The van der Waals surface area contributed by atoms with Crippen LogP contribution in [0.2, 0.25) is 0 Å². The summed E-state index contributed by atoms with van der Waals surface area (Å²) >= 11 is 0. The molecule has 0 fully saturated rings. The first-order valence-corrected chi connectivity index (χ1v) is 11.6. The number of methoxy groups -OCH3 is 1. The molecule has 178 valence electrons. The van der Waals surface area contributed by atoms with Gasteiger partial charge in [-0.1, -0.05) is 54.6 Å². The van der Waals surface area contributed by atoms with E-state index < -0.39 is 0 Å². The van der Waals surface area contributed by atoms with Crippen LogP contribution < -0.4 is 15.4 Å². The molecule has 0 atom stereocenters. The Hall–Kier alpha value is -4.84. The molecule has 5 rings (SSSR count). The molecule has 0 bridgehead atoms. The number of carbonyl (C=O) groups is 1. The molecule has 6 nitrogen and oxygen atoms in total. The third-order valence-electron chi connectivity index (χ3n) is 5.98. The van der Waals surface area contributed by atoms with Gasteiger partial charge in [-0.05, 0) is 53.6 Å². The Balaban J connectivity index is 1.37. The average molecular weight is 476 g/mol. The fourth-order valence-corrected chi connectivity index (χ4v) is 4.17. The van der Waals surface area contributed by atoms with Crippen molar-refractivity contribution in [1.82, 2.24) is 4.98 Å². The SMILES string of the molecule is COc1ccc(CNc2cccc(-c3ccccc3NC(=O)c3ccnc4ccccc34)c2)cc1O. The Kier molecular flexibility index (Phi) is 6.49. The third-order valence-corrected chi connectivity index (χ3v) is 5.98. The lowest BCUT2D eigenvalue weighted by Gasteiger charge is -2.14. The second kappa shape index (κ2) is 10.2. The quantitative estimate of drug-likeness (QED) is 0.251. The minimum absolute atomic E-state index is 0.109. The van der Waals surface area contributed by atoms with Crippen LogP contribution in [0.25, 0.3) is 22.0 Å². The summed E-state index contributed by atoms with van der Waals surface area (Å²) in [7, 11) is 1.53. The molecule has 0 aliphatic rings. The molecule has 0 saturated carbocycles. The predicted octanol–water partition coefficient (Wildman–Crippen LogP) is 6.48. The zero-order chi connectivity index (χ0) is 24.9. The van der Waals surface area contributed by atoms with E-state index in [4.69, 9.17) is 4.74 Å². The number of aromatic nitrogens is 1. The molecule has 1 aromatic heterocycles. The molecule has 0 saturated heterocycles. The first kappa shape index (κ1) is 22.9. The van der Waals surface area contributed by atoms with Crippen LogP contribution in [0.15, 0.2) is 103 Å². The van der Waals surface area contributed by atoms with E-state index in [1.165, 1.54) is 7.11 Å². The zero-order valence-corrected chi connectivity index (χ0v) is 19.7. The molecule has 5 aromatic rings. The fraction of sp³-hybridized carbons (Fsp3) is 0.0667. The monoisotopic (exact) mass is 475 g/mol. The van der Waals surface area contributed by atoms with Gasteiger partial charge < -0.3 is 20.5 Å². The minimum atomic E-state index is -0.186. The van der Waals surface area contributed by atoms with Gasteiger partial charge in [0, 0.05) is 35.1 Å². The van der Waals surface area contributed by atoms with Gasteiger partial charge in [0.15, 0.2) is 11.5 Å². The van der Waals surface area contributed by atoms with Crippen molar-refractivity contribution >= 4 is 28.2 Å². The fourth-order valence-electron chi connectivity index (χ4n) is 4.17. The summed E-state index contributed by atoms with van der Waals surface area (Å²) in [4.78, 5) is 17.6. The normalized spacial score (nSPS) is 10.7. The number of phenolic OH excluding ortho intramolecular Hbond substituents is 1. The maximum atomic E-state index is 13.2. The lowest BCUT2D eigenvalue weighted by Crippen LogP contribution is -2.13. The van der Waals surface area contributed by atoms with Crippen LogP contribution in [0.4, 0.5) is 11.4 Å². The van der Waals surface area contributed by atoms with E-state index >= 15 is 0 Å². The van der Waals surface area contributed by atoms with Gasteiger partial charge in [-0.25, -0.2) is 0 Å². The van der Waals surface area contributed by atoms with Gasteiger partial charge >= 0.3 is 0 Å². The Morgan fingerprint density at radius 2 is 1.75 bits per heavy atom. The average Bonchev–Trinajstić information content (AvgIpc) is 2.92. The number of hydrogen-bond acceptors (Lipinski definition) is 5. The molecule has 1 amide bonds. The van der Waals surface area contributed by atoms with Crippen LogP contribution in [-0.4, -0.2) is 23.1 Å². The van der Waals surface area contributed by atoms with Crippen LogP contribution in [0.5, 0.6) is 11.5 Å². The maximum Gasteiger partial charge on any atom is 0.256 e. The van der Waals surface area contributed by atoms with Crippen molar-refractivity contribution in [2.24, 2.45) is 0 Å². The van der Waals surface area contributed by atoms with Crippen LogP contribution in [-0.2, 0) is 6.54 Å². The molecule has 0 aliphatic carbocycles. The van der Waals surface area contributed by atoms with E-state index in [9.17, 15) is 9.90 Å². The molecule has 3 N–H and O–H groups in total. The van der Waals surface area contributed by atoms with Crippen LogP contribution >= 0.6 is 0 Å². The Morgan fingerprint density at radius 3 is 2.61 bits per heavy atom. The van der Waals surface area contributed by atoms with Crippen molar-refractivity contribution in [3.63, 3.8) is 0 Å². The van der Waals surface area contributed by atoms with E-state index in [1.54, 1.807) is 24.4 Å². The summed E-state index contributed by atoms with van der Waals surface area (Å²) in [6.45, 7) is 0.536. The maximum absolute atomic E-state index is 13.2. The number of phenols is 1. The van der Waals surface area contributed by atoms with Crippen LogP contribution in [0.1, 0.15) is 15.9 Å². The van der Waals surface area contributed by atoms with Crippen molar-refractivity contribution in [3.8, 4) is 22.6 Å². The summed E-state index contributed by atoms with van der Waals surface area (Å²) in [5, 5.41) is 17.3. The number of anilines is 2. The van der Waals surface area contributed by atoms with Gasteiger partial charge in [0.05, 0.1) is 18.2 Å². The molecule has 1 heterocycles. The van der Waals surface area contributed by atoms with Gasteiger partial charge in [0.2, 0.25) is 0 Å². The zero-order valence-electron chi connectivity index (χ0n) is 19.7. The largest absolute Gasteiger partial charge is 0.504 e. The first-order valence-electron chi connectivity index (χ1n) is 11.6. The Labute approximate surface area is 209 Å². The highest BCUT2D eigenvalue weighted by Gasteiger charge is 2.13. The van der Waals surface area contributed by atoms with Crippen LogP contribution in [0, 0.1) is 0 Å². The summed E-state index contributed by atoms with van der Waals surface area (Å²) < 4.78 is 5.11. The number of pyridine rings is 1. The standard InChI is InChI=1S/C30H25N3O3/c1-36-29-14-13-20(17-28(29)34)19-32-22-8-6-7-21(18-22)23-9-2-5-12-27(23)33-30(35)25-15-16-31-26-11-4-3-10-24(25)26/h2-18,32,34H,19H2,1H3,(H,33,35). The van der Waals surface area contributed by atoms with Gasteiger partial charge in [-0.15, -0.1) is 0 Å². The number of amides is 1. The molecule has 4 aromatic carbocycles. The highest BCUT2D eigenvalue weighted by molar-refractivity contribution is 6.13. The lowest BCUT2D eigenvalue weighted by atomic mass is 10.0. The second-order valence-corrected chi connectivity index (χ2v) is 8.32. The minimum Gasteiger partial charge on any atom is -0.504 e. The predicted molar refractivity (Wildman–Crippen MR) is 144 cm³/mol. The number of para-hydroxylation sites is 2. The molecule has 6 heteroatoms. The van der Waals surface area contributed by atoms with E-state index in [0.717, 1.165) is 39.0 Å². The van der Waals surface area contributed by atoms with Crippen molar-refractivity contribution < 1.29 is 14.6 Å². The number of nitrogens with zero attached hydrogens (tertiary/aromatic N) is 1. The molecule has 0 unspecified atom stereocenters.